The lowest BCUT2D eigenvalue weighted by Gasteiger charge is -2.23. The molecule has 2 saturated heterocycles. The molecule has 1 N–H and O–H groups in total. The van der Waals surface area contributed by atoms with Crippen LogP contribution in [0.3, 0.4) is 0 Å². The van der Waals surface area contributed by atoms with E-state index >= 15 is 0 Å². The first-order valence-corrected chi connectivity index (χ1v) is 8.02. The standard InChI is InChI=1S/C17H26N2O/c1-3-11-20-17-12-13(2)6-7-15(17)18-14-8-10-19-9-4-5-16(14)19/h6-7,12,14,16,18H,3-5,8-11H2,1-2H3. The van der Waals surface area contributed by atoms with Gasteiger partial charge in [-0.2, -0.15) is 0 Å². The number of anilines is 1. The number of hydrogen-bond donors (Lipinski definition) is 1. The first kappa shape index (κ1) is 13.7. The van der Waals surface area contributed by atoms with Gasteiger partial charge in [0.05, 0.1) is 12.3 Å². The number of ether oxygens (including phenoxy) is 1. The summed E-state index contributed by atoms with van der Waals surface area (Å²) >= 11 is 0. The van der Waals surface area contributed by atoms with Gasteiger partial charge in [-0.15, -0.1) is 0 Å². The second-order valence-electron chi connectivity index (χ2n) is 6.13. The van der Waals surface area contributed by atoms with Crippen molar-refractivity contribution in [1.29, 1.82) is 0 Å². The molecule has 0 aromatic heterocycles. The van der Waals surface area contributed by atoms with E-state index in [1.807, 2.05) is 0 Å². The third kappa shape index (κ3) is 2.78. The van der Waals surface area contributed by atoms with E-state index in [9.17, 15) is 0 Å². The Kier molecular flexibility index (Phi) is 4.16. The molecule has 1 aromatic rings. The SMILES string of the molecule is CCCOc1cc(C)ccc1NC1CCN2CCCC12. The van der Waals surface area contributed by atoms with Gasteiger partial charge in [-0.05, 0) is 56.8 Å². The third-order valence-electron chi connectivity index (χ3n) is 4.55. The summed E-state index contributed by atoms with van der Waals surface area (Å²) < 4.78 is 5.91. The minimum Gasteiger partial charge on any atom is -0.491 e. The van der Waals surface area contributed by atoms with Crippen molar-refractivity contribution < 1.29 is 4.74 Å². The van der Waals surface area contributed by atoms with E-state index in [0.29, 0.717) is 6.04 Å². The topological polar surface area (TPSA) is 24.5 Å². The van der Waals surface area contributed by atoms with E-state index in [1.54, 1.807) is 0 Å². The molecule has 3 heteroatoms. The summed E-state index contributed by atoms with van der Waals surface area (Å²) in [6, 6.07) is 7.82. The molecule has 110 valence electrons. The van der Waals surface area contributed by atoms with Gasteiger partial charge in [-0.3, -0.25) is 4.90 Å². The Morgan fingerprint density at radius 3 is 3.05 bits per heavy atom. The average molecular weight is 274 g/mol. The molecule has 2 fully saturated rings. The molecule has 0 amide bonds. The van der Waals surface area contributed by atoms with Crippen LogP contribution in [0.25, 0.3) is 0 Å². The summed E-state index contributed by atoms with van der Waals surface area (Å²) in [4.78, 5) is 2.64. The fraction of sp³-hybridized carbons (Fsp3) is 0.647. The highest BCUT2D eigenvalue weighted by atomic mass is 16.5. The maximum Gasteiger partial charge on any atom is 0.142 e. The molecule has 1 aromatic carbocycles. The van der Waals surface area contributed by atoms with Crippen molar-refractivity contribution in [1.82, 2.24) is 4.90 Å². The number of hydrogen-bond acceptors (Lipinski definition) is 3. The van der Waals surface area contributed by atoms with Crippen LogP contribution in [-0.4, -0.2) is 36.7 Å². The molecule has 2 atom stereocenters. The van der Waals surface area contributed by atoms with E-state index in [0.717, 1.165) is 24.8 Å². The van der Waals surface area contributed by atoms with E-state index in [-0.39, 0.29) is 0 Å². The summed E-state index contributed by atoms with van der Waals surface area (Å²) in [7, 11) is 0. The molecule has 3 nitrogen and oxygen atoms in total. The molecule has 0 bridgehead atoms. The van der Waals surface area contributed by atoms with Crippen LogP contribution in [0.5, 0.6) is 5.75 Å². The molecular weight excluding hydrogens is 248 g/mol. The van der Waals surface area contributed by atoms with Crippen LogP contribution in [0.4, 0.5) is 5.69 Å². The predicted octanol–water partition coefficient (Wildman–Crippen LogP) is 3.43. The Morgan fingerprint density at radius 2 is 2.20 bits per heavy atom. The zero-order valence-electron chi connectivity index (χ0n) is 12.7. The molecular formula is C17H26N2O. The Balaban J connectivity index is 1.73. The van der Waals surface area contributed by atoms with Gasteiger partial charge in [-0.25, -0.2) is 0 Å². The fourth-order valence-corrected chi connectivity index (χ4v) is 3.53. The zero-order chi connectivity index (χ0) is 13.9. The van der Waals surface area contributed by atoms with Crippen LogP contribution < -0.4 is 10.1 Å². The number of nitrogens with one attached hydrogen (secondary N) is 1. The fourth-order valence-electron chi connectivity index (χ4n) is 3.53. The number of benzene rings is 1. The van der Waals surface area contributed by atoms with Crippen LogP contribution in [0.15, 0.2) is 18.2 Å². The molecule has 2 aliphatic rings. The lowest BCUT2D eigenvalue weighted by Crippen LogP contribution is -2.33. The van der Waals surface area contributed by atoms with Crippen molar-refractivity contribution >= 4 is 5.69 Å². The lowest BCUT2D eigenvalue weighted by atomic mass is 10.1. The molecule has 0 aliphatic carbocycles. The van der Waals surface area contributed by atoms with Crippen molar-refractivity contribution in [2.75, 3.05) is 25.0 Å². The van der Waals surface area contributed by atoms with Crippen molar-refractivity contribution in [3.8, 4) is 5.75 Å². The lowest BCUT2D eigenvalue weighted by molar-refractivity contribution is 0.313. The van der Waals surface area contributed by atoms with E-state index in [1.165, 1.54) is 43.6 Å². The number of aryl methyl sites for hydroxylation is 1. The molecule has 0 radical (unpaired) electrons. The number of rotatable bonds is 5. The number of fused-ring (bicyclic) bond motifs is 1. The Hall–Kier alpha value is -1.22. The van der Waals surface area contributed by atoms with E-state index < -0.39 is 0 Å². The molecule has 20 heavy (non-hydrogen) atoms. The Labute approximate surface area is 122 Å². The van der Waals surface area contributed by atoms with Gasteiger partial charge >= 0.3 is 0 Å². The Bertz CT molecular complexity index is 460. The van der Waals surface area contributed by atoms with Gasteiger partial charge in [-0.1, -0.05) is 13.0 Å². The summed E-state index contributed by atoms with van der Waals surface area (Å²) in [5, 5.41) is 3.75. The largest absolute Gasteiger partial charge is 0.491 e. The quantitative estimate of drug-likeness (QED) is 0.890. The Morgan fingerprint density at radius 1 is 1.30 bits per heavy atom. The maximum atomic E-state index is 5.91. The predicted molar refractivity (Wildman–Crippen MR) is 83.6 cm³/mol. The summed E-state index contributed by atoms with van der Waals surface area (Å²) in [6.45, 7) is 7.60. The van der Waals surface area contributed by atoms with Gasteiger partial charge in [0.15, 0.2) is 0 Å². The van der Waals surface area contributed by atoms with Crippen molar-refractivity contribution in [2.45, 2.75) is 51.6 Å². The smallest absolute Gasteiger partial charge is 0.142 e. The first-order chi connectivity index (χ1) is 9.78. The normalized spacial score (nSPS) is 25.7. The van der Waals surface area contributed by atoms with Crippen LogP contribution in [0.1, 0.15) is 38.2 Å². The van der Waals surface area contributed by atoms with E-state index in [2.05, 4.69) is 42.3 Å². The van der Waals surface area contributed by atoms with Gasteiger partial charge in [0.2, 0.25) is 0 Å². The van der Waals surface area contributed by atoms with Crippen molar-refractivity contribution in [3.05, 3.63) is 23.8 Å². The summed E-state index contributed by atoms with van der Waals surface area (Å²) in [5.41, 5.74) is 2.43. The van der Waals surface area contributed by atoms with Crippen LogP contribution in [0, 0.1) is 6.92 Å². The third-order valence-corrected chi connectivity index (χ3v) is 4.55. The molecule has 0 spiro atoms. The molecule has 3 rings (SSSR count). The van der Waals surface area contributed by atoms with Crippen LogP contribution in [-0.2, 0) is 0 Å². The van der Waals surface area contributed by atoms with Crippen LogP contribution in [0.2, 0.25) is 0 Å². The van der Waals surface area contributed by atoms with Gasteiger partial charge in [0.1, 0.15) is 5.75 Å². The number of nitrogens with zero attached hydrogens (tertiary/aromatic N) is 1. The monoisotopic (exact) mass is 274 g/mol. The minimum atomic E-state index is 0.587. The molecule has 0 saturated carbocycles. The maximum absolute atomic E-state index is 5.91. The van der Waals surface area contributed by atoms with Gasteiger partial charge < -0.3 is 10.1 Å². The van der Waals surface area contributed by atoms with Crippen molar-refractivity contribution in [2.24, 2.45) is 0 Å². The van der Waals surface area contributed by atoms with Gasteiger partial charge in [0.25, 0.3) is 0 Å². The minimum absolute atomic E-state index is 0.587. The molecule has 2 aliphatic heterocycles. The van der Waals surface area contributed by atoms with Crippen molar-refractivity contribution in [3.63, 3.8) is 0 Å². The van der Waals surface area contributed by atoms with E-state index in [4.69, 9.17) is 4.74 Å². The highest BCUT2D eigenvalue weighted by molar-refractivity contribution is 5.58. The summed E-state index contributed by atoms with van der Waals surface area (Å²) in [5.74, 6) is 1.02. The second kappa shape index (κ2) is 6.04. The summed E-state index contributed by atoms with van der Waals surface area (Å²) in [6.07, 6.45) is 5.00. The molecule has 2 heterocycles. The highest BCUT2D eigenvalue weighted by Gasteiger charge is 2.37. The first-order valence-electron chi connectivity index (χ1n) is 8.02. The van der Waals surface area contributed by atoms with Gasteiger partial charge in [0, 0.05) is 18.6 Å². The van der Waals surface area contributed by atoms with Crippen LogP contribution >= 0.6 is 0 Å². The zero-order valence-corrected chi connectivity index (χ0v) is 12.7. The second-order valence-corrected chi connectivity index (χ2v) is 6.13. The molecule has 2 unspecified atom stereocenters. The highest BCUT2D eigenvalue weighted by Crippen LogP contribution is 2.33. The average Bonchev–Trinajstić information content (AvgIpc) is 3.03.